The van der Waals surface area contributed by atoms with E-state index in [1.807, 2.05) is 6.92 Å². The zero-order valence-corrected chi connectivity index (χ0v) is 22.7. The third-order valence-electron chi connectivity index (χ3n) is 13.3. The maximum absolute atomic E-state index is 12.1. The van der Waals surface area contributed by atoms with Gasteiger partial charge in [-0.3, -0.25) is 4.79 Å². The van der Waals surface area contributed by atoms with E-state index >= 15 is 0 Å². The van der Waals surface area contributed by atoms with Crippen molar-refractivity contribution in [1.82, 2.24) is 0 Å². The van der Waals surface area contributed by atoms with Crippen molar-refractivity contribution in [1.29, 1.82) is 0 Å². The summed E-state index contributed by atoms with van der Waals surface area (Å²) in [6, 6.07) is 0. The van der Waals surface area contributed by atoms with Crippen LogP contribution in [0.1, 0.15) is 120 Å². The van der Waals surface area contributed by atoms with Crippen molar-refractivity contribution in [2.45, 2.75) is 120 Å². The summed E-state index contributed by atoms with van der Waals surface area (Å²) in [6.07, 6.45) is 12.6. The van der Waals surface area contributed by atoms with E-state index in [1.54, 1.807) is 0 Å². The Morgan fingerprint density at radius 1 is 0.879 bits per heavy atom. The molecule has 0 unspecified atom stereocenters. The van der Waals surface area contributed by atoms with Crippen LogP contribution < -0.4 is 0 Å². The number of aldehydes is 1. The van der Waals surface area contributed by atoms with Gasteiger partial charge < -0.3 is 9.90 Å². The minimum absolute atomic E-state index is 0.0316. The maximum Gasteiger partial charge on any atom is 0.306 e. The first kappa shape index (κ1) is 25.2. The van der Waals surface area contributed by atoms with Crippen molar-refractivity contribution < 1.29 is 14.7 Å². The number of rotatable bonds is 4. The molecule has 188 valence electrons. The van der Waals surface area contributed by atoms with Crippen LogP contribution in [0.15, 0.2) is 0 Å². The lowest BCUT2D eigenvalue weighted by molar-refractivity contribution is -0.254. The number of carboxylic acids is 1. The molecule has 0 radical (unpaired) electrons. The SMILES string of the molecule is C[C@@H](C(=O)O)[C@@]1(C)CC[C@H]2[C@@](C)(CC[C@@]3(C)[C@@H]4CC(C)(C)CC[C@]4(C)CC[C@]23C)[C@@H]1CC=O. The molecule has 0 heterocycles. The van der Waals surface area contributed by atoms with Gasteiger partial charge in [0.15, 0.2) is 0 Å². The number of fused-ring (bicyclic) bond motifs is 5. The van der Waals surface area contributed by atoms with Gasteiger partial charge in [0.2, 0.25) is 0 Å². The Hall–Kier alpha value is -0.860. The van der Waals surface area contributed by atoms with E-state index in [-0.39, 0.29) is 22.2 Å². The summed E-state index contributed by atoms with van der Waals surface area (Å²) < 4.78 is 0. The Bertz CT molecular complexity index is 817. The molecule has 0 bridgehead atoms. The summed E-state index contributed by atoms with van der Waals surface area (Å²) in [5.74, 6) is 0.338. The standard InChI is InChI=1S/C30H50O3/c1-20(24(32)33)27(5)11-9-22-28(6,21(27)10-18-31)15-17-30(8)23-19-25(2,3)12-13-26(23,4)14-16-29(22,30)7/h18,20-23H,9-17,19H2,1-8H3,(H,32,33)/t20-,21+,22-,23+,26+,27+,28-,29+,30-/m0/s1. The first-order valence-electron chi connectivity index (χ1n) is 13.8. The van der Waals surface area contributed by atoms with Crippen molar-refractivity contribution in [3.8, 4) is 0 Å². The molecule has 33 heavy (non-hydrogen) atoms. The van der Waals surface area contributed by atoms with Gasteiger partial charge in [-0.1, -0.05) is 55.4 Å². The second-order valence-electron chi connectivity index (χ2n) is 15.0. The van der Waals surface area contributed by atoms with Crippen LogP contribution in [0.3, 0.4) is 0 Å². The molecule has 0 aromatic rings. The predicted octanol–water partition coefficient (Wildman–Crippen LogP) is 7.77. The summed E-state index contributed by atoms with van der Waals surface area (Å²) in [7, 11) is 0. The Balaban J connectivity index is 1.77. The van der Waals surface area contributed by atoms with Gasteiger partial charge >= 0.3 is 5.97 Å². The number of aliphatic carboxylic acids is 1. The van der Waals surface area contributed by atoms with Crippen molar-refractivity contribution in [3.63, 3.8) is 0 Å². The van der Waals surface area contributed by atoms with Gasteiger partial charge in [0.1, 0.15) is 6.29 Å². The highest BCUT2D eigenvalue weighted by atomic mass is 16.4. The normalized spacial score (nSPS) is 52.1. The largest absolute Gasteiger partial charge is 0.481 e. The number of carboxylic acid groups (broad SMARTS) is 1. The van der Waals surface area contributed by atoms with Crippen LogP contribution in [0, 0.1) is 56.2 Å². The number of hydrogen-bond donors (Lipinski definition) is 1. The number of hydrogen-bond acceptors (Lipinski definition) is 2. The van der Waals surface area contributed by atoms with Gasteiger partial charge in [0, 0.05) is 6.42 Å². The topological polar surface area (TPSA) is 54.4 Å². The smallest absolute Gasteiger partial charge is 0.306 e. The molecular weight excluding hydrogens is 408 g/mol. The van der Waals surface area contributed by atoms with Crippen LogP contribution in [-0.4, -0.2) is 17.4 Å². The molecule has 4 aliphatic carbocycles. The van der Waals surface area contributed by atoms with E-state index in [2.05, 4.69) is 48.5 Å². The monoisotopic (exact) mass is 458 g/mol. The predicted molar refractivity (Wildman–Crippen MR) is 134 cm³/mol. The zero-order chi connectivity index (χ0) is 24.7. The molecule has 3 heteroatoms. The third kappa shape index (κ3) is 3.33. The summed E-state index contributed by atoms with van der Waals surface area (Å²) in [5.41, 5.74) is 1.17. The van der Waals surface area contributed by atoms with E-state index in [0.717, 1.165) is 31.5 Å². The van der Waals surface area contributed by atoms with Crippen molar-refractivity contribution >= 4 is 12.3 Å². The molecule has 0 amide bonds. The van der Waals surface area contributed by atoms with Gasteiger partial charge in [-0.2, -0.15) is 0 Å². The second kappa shape index (κ2) is 7.57. The summed E-state index contributed by atoms with van der Waals surface area (Å²) in [6.45, 7) is 19.3. The fraction of sp³-hybridized carbons (Fsp3) is 0.933. The highest BCUT2D eigenvalue weighted by Crippen LogP contribution is 2.77. The van der Waals surface area contributed by atoms with Gasteiger partial charge in [-0.25, -0.2) is 0 Å². The van der Waals surface area contributed by atoms with Crippen LogP contribution in [-0.2, 0) is 9.59 Å². The summed E-state index contributed by atoms with van der Waals surface area (Å²) in [5, 5.41) is 9.96. The molecule has 4 fully saturated rings. The Morgan fingerprint density at radius 3 is 2.06 bits per heavy atom. The fourth-order valence-electron chi connectivity index (χ4n) is 10.6. The van der Waals surface area contributed by atoms with Gasteiger partial charge in [0.25, 0.3) is 0 Å². The van der Waals surface area contributed by atoms with Gasteiger partial charge in [0.05, 0.1) is 5.92 Å². The van der Waals surface area contributed by atoms with Crippen molar-refractivity contribution in [3.05, 3.63) is 0 Å². The molecule has 0 aromatic carbocycles. The Kier molecular flexibility index (Phi) is 5.79. The molecule has 3 nitrogen and oxygen atoms in total. The average molecular weight is 459 g/mol. The van der Waals surface area contributed by atoms with Crippen LogP contribution in [0.25, 0.3) is 0 Å². The molecule has 0 aliphatic heterocycles. The molecular formula is C30H50O3. The first-order valence-corrected chi connectivity index (χ1v) is 13.8. The van der Waals surface area contributed by atoms with Crippen LogP contribution in [0.2, 0.25) is 0 Å². The van der Waals surface area contributed by atoms with E-state index in [9.17, 15) is 14.7 Å². The molecule has 0 aromatic heterocycles. The van der Waals surface area contributed by atoms with E-state index in [4.69, 9.17) is 0 Å². The Morgan fingerprint density at radius 2 is 1.45 bits per heavy atom. The third-order valence-corrected chi connectivity index (χ3v) is 13.3. The van der Waals surface area contributed by atoms with E-state index < -0.39 is 11.9 Å². The van der Waals surface area contributed by atoms with Crippen LogP contribution in [0.5, 0.6) is 0 Å². The molecule has 9 atom stereocenters. The van der Waals surface area contributed by atoms with Crippen molar-refractivity contribution in [2.24, 2.45) is 56.2 Å². The van der Waals surface area contributed by atoms with Crippen molar-refractivity contribution in [2.75, 3.05) is 0 Å². The molecule has 4 rings (SSSR count). The van der Waals surface area contributed by atoms with Crippen LogP contribution in [0.4, 0.5) is 0 Å². The molecule has 4 saturated carbocycles. The highest BCUT2D eigenvalue weighted by Gasteiger charge is 2.70. The zero-order valence-electron chi connectivity index (χ0n) is 22.7. The average Bonchev–Trinajstić information content (AvgIpc) is 2.73. The van der Waals surface area contributed by atoms with E-state index in [0.29, 0.717) is 28.6 Å². The van der Waals surface area contributed by atoms with Gasteiger partial charge in [-0.15, -0.1) is 0 Å². The minimum Gasteiger partial charge on any atom is -0.481 e. The second-order valence-corrected chi connectivity index (χ2v) is 15.0. The summed E-state index contributed by atoms with van der Waals surface area (Å²) in [4.78, 5) is 24.1. The summed E-state index contributed by atoms with van der Waals surface area (Å²) >= 11 is 0. The van der Waals surface area contributed by atoms with Crippen LogP contribution >= 0.6 is 0 Å². The molecule has 4 aliphatic rings. The highest BCUT2D eigenvalue weighted by molar-refractivity contribution is 5.71. The number of carbonyl (C=O) groups excluding carboxylic acids is 1. The Labute approximate surface area is 202 Å². The lowest BCUT2D eigenvalue weighted by Crippen LogP contribution is -2.67. The number of carbonyl (C=O) groups is 2. The van der Waals surface area contributed by atoms with Gasteiger partial charge in [-0.05, 0) is 108 Å². The molecule has 1 N–H and O–H groups in total. The minimum atomic E-state index is -0.708. The van der Waals surface area contributed by atoms with E-state index in [1.165, 1.54) is 38.5 Å². The molecule has 0 spiro atoms. The lowest BCUT2D eigenvalue weighted by Gasteiger charge is -2.74. The maximum atomic E-state index is 12.1. The quantitative estimate of drug-likeness (QED) is 0.438. The molecule has 0 saturated heterocycles. The first-order chi connectivity index (χ1) is 15.1. The fourth-order valence-corrected chi connectivity index (χ4v) is 10.6. The lowest BCUT2D eigenvalue weighted by atomic mass is 9.30.